The average Bonchev–Trinajstić information content (AvgIpc) is 2.77. The number of halogens is 2. The van der Waals surface area contributed by atoms with E-state index in [1.54, 1.807) is 12.1 Å². The monoisotopic (exact) mass is 434 g/mol. The third-order valence-electron chi connectivity index (χ3n) is 7.56. The fourth-order valence-corrected chi connectivity index (χ4v) is 6.02. The van der Waals surface area contributed by atoms with Crippen molar-refractivity contribution in [3.05, 3.63) is 34.6 Å². The highest BCUT2D eigenvalue weighted by molar-refractivity contribution is 6.32. The Balaban J connectivity index is 1.38. The van der Waals surface area contributed by atoms with Crippen molar-refractivity contribution in [2.24, 2.45) is 23.7 Å². The molecule has 0 N–H and O–H groups in total. The van der Waals surface area contributed by atoms with Crippen LogP contribution in [0.3, 0.4) is 0 Å². The Labute approximate surface area is 188 Å². The van der Waals surface area contributed by atoms with Gasteiger partial charge in [0.15, 0.2) is 5.82 Å². The van der Waals surface area contributed by atoms with E-state index in [-0.39, 0.29) is 10.8 Å². The Kier molecular flexibility index (Phi) is 9.56. The molecule has 168 valence electrons. The van der Waals surface area contributed by atoms with E-state index >= 15 is 0 Å². The molecule has 3 rings (SSSR count). The van der Waals surface area contributed by atoms with Gasteiger partial charge in [-0.05, 0) is 81.3 Å². The average molecular weight is 435 g/mol. The second kappa shape index (κ2) is 12.1. The predicted molar refractivity (Wildman–Crippen MR) is 127 cm³/mol. The number of rotatable bonds is 9. The summed E-state index contributed by atoms with van der Waals surface area (Å²) in [6.07, 6.45) is 20.6. The van der Waals surface area contributed by atoms with Gasteiger partial charge >= 0.3 is 0 Å². The minimum Gasteiger partial charge on any atom is -0.492 e. The molecule has 0 bridgehead atoms. The first-order chi connectivity index (χ1) is 14.6. The van der Waals surface area contributed by atoms with Crippen LogP contribution in [-0.4, -0.2) is 6.61 Å². The number of ether oxygens (including phenoxy) is 1. The topological polar surface area (TPSA) is 9.23 Å². The fourth-order valence-electron chi connectivity index (χ4n) is 5.79. The van der Waals surface area contributed by atoms with Crippen LogP contribution in [0, 0.1) is 29.5 Å². The molecule has 0 aliphatic heterocycles. The number of hydrogen-bond donors (Lipinski definition) is 0. The van der Waals surface area contributed by atoms with Gasteiger partial charge in [-0.2, -0.15) is 0 Å². The molecular formula is C27H40ClFO. The molecule has 1 aromatic rings. The summed E-state index contributed by atoms with van der Waals surface area (Å²) in [6.45, 7) is 4.68. The lowest BCUT2D eigenvalue weighted by molar-refractivity contribution is 0.141. The smallest absolute Gasteiger partial charge is 0.152 e. The van der Waals surface area contributed by atoms with Crippen molar-refractivity contribution < 1.29 is 9.13 Å². The van der Waals surface area contributed by atoms with Crippen molar-refractivity contribution in [2.75, 3.05) is 6.61 Å². The second-order valence-electron chi connectivity index (χ2n) is 9.54. The lowest BCUT2D eigenvalue weighted by Crippen LogP contribution is -2.25. The Morgan fingerprint density at radius 3 is 2.10 bits per heavy atom. The molecule has 2 fully saturated rings. The zero-order chi connectivity index (χ0) is 21.3. The van der Waals surface area contributed by atoms with E-state index < -0.39 is 0 Å². The number of hydrogen-bond acceptors (Lipinski definition) is 1. The van der Waals surface area contributed by atoms with E-state index in [0.29, 0.717) is 17.9 Å². The molecule has 1 nitrogen and oxygen atoms in total. The maximum Gasteiger partial charge on any atom is 0.152 e. The van der Waals surface area contributed by atoms with E-state index in [4.69, 9.17) is 16.3 Å². The molecule has 0 radical (unpaired) electrons. The van der Waals surface area contributed by atoms with Crippen LogP contribution in [0.25, 0.3) is 6.08 Å². The third-order valence-corrected chi connectivity index (χ3v) is 7.91. The van der Waals surface area contributed by atoms with Crippen molar-refractivity contribution in [3.63, 3.8) is 0 Å². The van der Waals surface area contributed by atoms with Gasteiger partial charge in [-0.25, -0.2) is 4.39 Å². The van der Waals surface area contributed by atoms with Gasteiger partial charge in [0, 0.05) is 5.56 Å². The second-order valence-corrected chi connectivity index (χ2v) is 9.92. The van der Waals surface area contributed by atoms with Gasteiger partial charge in [-0.3, -0.25) is 0 Å². The van der Waals surface area contributed by atoms with Crippen LogP contribution >= 0.6 is 11.6 Å². The largest absolute Gasteiger partial charge is 0.492 e. The summed E-state index contributed by atoms with van der Waals surface area (Å²) in [6, 6.07) is 3.51. The predicted octanol–water partition coefficient (Wildman–Crippen LogP) is 9.08. The Bertz CT molecular complexity index is 670. The van der Waals surface area contributed by atoms with E-state index in [1.807, 2.05) is 13.0 Å². The molecule has 0 atom stereocenters. The molecule has 2 saturated carbocycles. The van der Waals surface area contributed by atoms with E-state index in [2.05, 4.69) is 13.0 Å². The van der Waals surface area contributed by atoms with Crippen LogP contribution in [0.2, 0.25) is 5.02 Å². The van der Waals surface area contributed by atoms with Crippen LogP contribution in [-0.2, 0) is 0 Å². The summed E-state index contributed by atoms with van der Waals surface area (Å²) in [7, 11) is 0. The minimum atomic E-state index is -0.381. The standard InChI is InChI=1S/C27H40ClFO/c1-3-7-20-10-14-22(15-11-20)23-16-12-21(13-17-23)8-5-6-9-24-18-19-25(30-4-2)26(28)27(24)29/h6,9,18-23H,3-5,7-8,10-17H2,1-2H3. The molecule has 0 heterocycles. The molecule has 30 heavy (non-hydrogen) atoms. The Morgan fingerprint density at radius 1 is 0.933 bits per heavy atom. The Hall–Kier alpha value is -1.02. The van der Waals surface area contributed by atoms with Gasteiger partial charge in [0.05, 0.1) is 6.61 Å². The summed E-state index contributed by atoms with van der Waals surface area (Å²) >= 11 is 6.08. The van der Waals surface area contributed by atoms with Crippen LogP contribution in [0.15, 0.2) is 18.2 Å². The van der Waals surface area contributed by atoms with Crippen molar-refractivity contribution in [2.45, 2.75) is 90.9 Å². The quantitative estimate of drug-likeness (QED) is 0.376. The highest BCUT2D eigenvalue weighted by Gasteiger charge is 2.30. The highest BCUT2D eigenvalue weighted by atomic mass is 35.5. The van der Waals surface area contributed by atoms with Crippen LogP contribution in [0.5, 0.6) is 5.75 Å². The first-order valence-corrected chi connectivity index (χ1v) is 12.8. The van der Waals surface area contributed by atoms with Gasteiger partial charge in [0.1, 0.15) is 10.8 Å². The normalized spacial score (nSPS) is 27.5. The molecule has 2 aliphatic rings. The van der Waals surface area contributed by atoms with Crippen molar-refractivity contribution in [3.8, 4) is 5.75 Å². The molecule has 0 saturated heterocycles. The van der Waals surface area contributed by atoms with Crippen molar-refractivity contribution in [1.82, 2.24) is 0 Å². The van der Waals surface area contributed by atoms with Crippen LogP contribution in [0.1, 0.15) is 96.5 Å². The van der Waals surface area contributed by atoms with Crippen molar-refractivity contribution in [1.29, 1.82) is 0 Å². The van der Waals surface area contributed by atoms with Gasteiger partial charge in [-0.15, -0.1) is 0 Å². The zero-order valence-electron chi connectivity index (χ0n) is 19.0. The summed E-state index contributed by atoms with van der Waals surface area (Å²) < 4.78 is 19.7. The SMILES string of the molecule is CCCC1CCC(C2CCC(CCC=Cc3ccc(OCC)c(Cl)c3F)CC2)CC1. The summed E-state index contributed by atoms with van der Waals surface area (Å²) in [5.74, 6) is 3.89. The molecule has 0 unspecified atom stereocenters. The minimum absolute atomic E-state index is 0.0843. The molecule has 1 aromatic carbocycles. The van der Waals surface area contributed by atoms with Gasteiger partial charge in [0.25, 0.3) is 0 Å². The summed E-state index contributed by atoms with van der Waals surface area (Å²) in [4.78, 5) is 0. The first-order valence-electron chi connectivity index (χ1n) is 12.4. The van der Waals surface area contributed by atoms with Gasteiger partial charge < -0.3 is 4.74 Å². The number of allylic oxidation sites excluding steroid dienone is 1. The zero-order valence-corrected chi connectivity index (χ0v) is 19.7. The number of benzene rings is 1. The molecular weight excluding hydrogens is 395 g/mol. The highest BCUT2D eigenvalue weighted by Crippen LogP contribution is 2.43. The lowest BCUT2D eigenvalue weighted by atomic mass is 9.68. The van der Waals surface area contributed by atoms with E-state index in [1.165, 1.54) is 70.6 Å². The summed E-state index contributed by atoms with van der Waals surface area (Å²) in [5.41, 5.74) is 0.547. The lowest BCUT2D eigenvalue weighted by Gasteiger charge is -2.38. The van der Waals surface area contributed by atoms with Crippen LogP contribution < -0.4 is 4.74 Å². The van der Waals surface area contributed by atoms with E-state index in [9.17, 15) is 4.39 Å². The van der Waals surface area contributed by atoms with Crippen LogP contribution in [0.4, 0.5) is 4.39 Å². The summed E-state index contributed by atoms with van der Waals surface area (Å²) in [5, 5.41) is 0.0843. The molecule has 0 spiro atoms. The van der Waals surface area contributed by atoms with E-state index in [0.717, 1.165) is 30.1 Å². The fraction of sp³-hybridized carbons (Fsp3) is 0.704. The molecule has 2 aliphatic carbocycles. The third kappa shape index (κ3) is 6.49. The molecule has 3 heteroatoms. The van der Waals surface area contributed by atoms with Gasteiger partial charge in [0.2, 0.25) is 0 Å². The first kappa shape index (κ1) is 23.6. The molecule has 0 aromatic heterocycles. The van der Waals surface area contributed by atoms with Gasteiger partial charge in [-0.1, -0.05) is 69.2 Å². The Morgan fingerprint density at radius 2 is 1.53 bits per heavy atom. The maximum atomic E-state index is 14.4. The van der Waals surface area contributed by atoms with Crippen molar-refractivity contribution >= 4 is 17.7 Å². The molecule has 0 amide bonds. The maximum absolute atomic E-state index is 14.4.